The SMILES string of the molecule is Cc1ccc(C[C@@H](CN(CCN(CC(=O)O)CC(=O)O)CC(=O)O)N(CCO)CC(=O)O)cc1. The van der Waals surface area contributed by atoms with E-state index in [2.05, 4.69) is 0 Å². The Hall–Kier alpha value is -3.06. The van der Waals surface area contributed by atoms with Gasteiger partial charge in [0.05, 0.1) is 32.8 Å². The first-order chi connectivity index (χ1) is 16.0. The van der Waals surface area contributed by atoms with Gasteiger partial charge in [0.2, 0.25) is 0 Å². The van der Waals surface area contributed by atoms with Crippen LogP contribution in [0.1, 0.15) is 11.1 Å². The number of benzene rings is 1. The lowest BCUT2D eigenvalue weighted by molar-refractivity contribution is -0.143. The van der Waals surface area contributed by atoms with Gasteiger partial charge in [-0.1, -0.05) is 29.8 Å². The summed E-state index contributed by atoms with van der Waals surface area (Å²) in [4.78, 5) is 49.3. The summed E-state index contributed by atoms with van der Waals surface area (Å²) in [5.41, 5.74) is 1.94. The molecule has 0 fully saturated rings. The minimum absolute atomic E-state index is 0.0118. The first-order valence-electron chi connectivity index (χ1n) is 10.7. The van der Waals surface area contributed by atoms with E-state index < -0.39 is 49.6 Å². The largest absolute Gasteiger partial charge is 0.480 e. The van der Waals surface area contributed by atoms with Crippen molar-refractivity contribution in [2.45, 2.75) is 19.4 Å². The molecule has 5 N–H and O–H groups in total. The summed E-state index contributed by atoms with van der Waals surface area (Å²) < 4.78 is 0. The minimum Gasteiger partial charge on any atom is -0.480 e. The Kier molecular flexibility index (Phi) is 12.7. The molecule has 1 aromatic carbocycles. The minimum atomic E-state index is -1.21. The second-order valence-electron chi connectivity index (χ2n) is 8.06. The third kappa shape index (κ3) is 12.3. The van der Waals surface area contributed by atoms with E-state index in [1.54, 1.807) is 4.90 Å². The third-order valence-electron chi connectivity index (χ3n) is 5.11. The van der Waals surface area contributed by atoms with Gasteiger partial charge in [0.1, 0.15) is 0 Å². The van der Waals surface area contributed by atoms with Crippen LogP contribution in [0.2, 0.25) is 0 Å². The molecule has 0 saturated carbocycles. The summed E-state index contributed by atoms with van der Waals surface area (Å²) in [6.45, 7) is 0.0561. The summed E-state index contributed by atoms with van der Waals surface area (Å²) in [5.74, 6) is -4.65. The van der Waals surface area contributed by atoms with Gasteiger partial charge in [0.15, 0.2) is 0 Å². The molecule has 190 valence electrons. The Morgan fingerprint density at radius 2 is 1.21 bits per heavy atom. The predicted octanol–water partition coefficient (Wildman–Crippen LogP) is -0.857. The van der Waals surface area contributed by atoms with Gasteiger partial charge in [-0.15, -0.1) is 0 Å². The molecule has 0 radical (unpaired) electrons. The molecular formula is C22H33N3O9. The number of carboxylic acids is 4. The quantitative estimate of drug-likeness (QED) is 0.175. The number of hydrogen-bond donors (Lipinski definition) is 5. The number of hydrogen-bond acceptors (Lipinski definition) is 8. The number of aryl methyl sites for hydroxylation is 1. The maximum atomic E-state index is 11.5. The van der Waals surface area contributed by atoms with Gasteiger partial charge in [-0.2, -0.15) is 0 Å². The molecule has 12 heteroatoms. The lowest BCUT2D eigenvalue weighted by Gasteiger charge is -2.35. The fraction of sp³-hybridized carbons (Fsp3) is 0.545. The van der Waals surface area contributed by atoms with Gasteiger partial charge in [0, 0.05) is 32.2 Å². The van der Waals surface area contributed by atoms with Crippen molar-refractivity contribution in [1.29, 1.82) is 0 Å². The molecular weight excluding hydrogens is 450 g/mol. The van der Waals surface area contributed by atoms with E-state index in [0.29, 0.717) is 6.42 Å². The molecule has 0 aromatic heterocycles. The van der Waals surface area contributed by atoms with Crippen molar-refractivity contribution in [3.05, 3.63) is 35.4 Å². The van der Waals surface area contributed by atoms with Crippen LogP contribution in [0.25, 0.3) is 0 Å². The van der Waals surface area contributed by atoms with Gasteiger partial charge in [-0.05, 0) is 18.9 Å². The van der Waals surface area contributed by atoms with Crippen LogP contribution in [-0.2, 0) is 25.6 Å². The summed E-state index contributed by atoms with van der Waals surface area (Å²) >= 11 is 0. The van der Waals surface area contributed by atoms with Crippen LogP contribution >= 0.6 is 0 Å². The monoisotopic (exact) mass is 483 g/mol. The van der Waals surface area contributed by atoms with Crippen molar-refractivity contribution in [1.82, 2.24) is 14.7 Å². The molecule has 0 spiro atoms. The van der Waals surface area contributed by atoms with Crippen molar-refractivity contribution < 1.29 is 44.7 Å². The van der Waals surface area contributed by atoms with Crippen LogP contribution in [-0.4, -0.2) is 129 Å². The molecule has 34 heavy (non-hydrogen) atoms. The van der Waals surface area contributed by atoms with Crippen LogP contribution in [0.3, 0.4) is 0 Å². The highest BCUT2D eigenvalue weighted by atomic mass is 16.4. The van der Waals surface area contributed by atoms with Crippen LogP contribution in [0.5, 0.6) is 0 Å². The third-order valence-corrected chi connectivity index (χ3v) is 5.11. The van der Waals surface area contributed by atoms with Crippen molar-refractivity contribution in [3.8, 4) is 0 Å². The average molecular weight is 484 g/mol. The molecule has 12 nitrogen and oxygen atoms in total. The second-order valence-corrected chi connectivity index (χ2v) is 8.06. The predicted molar refractivity (Wildman–Crippen MR) is 121 cm³/mol. The topological polar surface area (TPSA) is 179 Å². The summed E-state index contributed by atoms with van der Waals surface area (Å²) in [5, 5.41) is 46.2. The van der Waals surface area contributed by atoms with Gasteiger partial charge in [-0.3, -0.25) is 33.9 Å². The number of aliphatic hydroxyl groups is 1. The highest BCUT2D eigenvalue weighted by molar-refractivity contribution is 5.72. The second kappa shape index (κ2) is 15.0. The molecule has 0 aliphatic carbocycles. The highest BCUT2D eigenvalue weighted by Gasteiger charge is 2.25. The highest BCUT2D eigenvalue weighted by Crippen LogP contribution is 2.13. The van der Waals surface area contributed by atoms with Crippen molar-refractivity contribution >= 4 is 23.9 Å². The van der Waals surface area contributed by atoms with E-state index in [-0.39, 0.29) is 39.3 Å². The fourth-order valence-electron chi connectivity index (χ4n) is 3.60. The zero-order valence-corrected chi connectivity index (χ0v) is 19.2. The van der Waals surface area contributed by atoms with Gasteiger partial charge < -0.3 is 25.5 Å². The Labute approximate surface area is 197 Å². The number of rotatable bonds is 18. The molecule has 0 saturated heterocycles. The summed E-state index contributed by atoms with van der Waals surface area (Å²) in [6, 6.07) is 7.12. The van der Waals surface area contributed by atoms with Gasteiger partial charge in [-0.25, -0.2) is 0 Å². The van der Waals surface area contributed by atoms with Crippen molar-refractivity contribution in [2.24, 2.45) is 0 Å². The van der Waals surface area contributed by atoms with Crippen LogP contribution in [0.4, 0.5) is 0 Å². The summed E-state index contributed by atoms with van der Waals surface area (Å²) in [7, 11) is 0. The van der Waals surface area contributed by atoms with Crippen LogP contribution in [0.15, 0.2) is 24.3 Å². The zero-order valence-electron chi connectivity index (χ0n) is 19.2. The first kappa shape index (κ1) is 29.0. The van der Waals surface area contributed by atoms with Gasteiger partial charge >= 0.3 is 23.9 Å². The molecule has 0 unspecified atom stereocenters. The van der Waals surface area contributed by atoms with Crippen LogP contribution < -0.4 is 0 Å². The number of carboxylic acid groups (broad SMARTS) is 4. The van der Waals surface area contributed by atoms with E-state index in [4.69, 9.17) is 10.2 Å². The molecule has 0 amide bonds. The Bertz CT molecular complexity index is 800. The van der Waals surface area contributed by atoms with Crippen molar-refractivity contribution in [3.63, 3.8) is 0 Å². The molecule has 0 aliphatic rings. The normalized spacial score (nSPS) is 12.3. The molecule has 1 atom stereocenters. The lowest BCUT2D eigenvalue weighted by Crippen LogP contribution is -2.51. The standard InChI is InChI=1S/C22H33N3O9/c1-16-2-4-17(5-3-16)10-18(25(8-9-26)15-22(33)34)11-23(12-19(27)28)6-7-24(13-20(29)30)14-21(31)32/h2-5,18,26H,6-15H2,1H3,(H,27,28)(H,29,30)(H,31,32)(H,33,34)/t18-/m0/s1. The van der Waals surface area contributed by atoms with Crippen molar-refractivity contribution in [2.75, 3.05) is 59.0 Å². The van der Waals surface area contributed by atoms with E-state index in [0.717, 1.165) is 11.1 Å². The van der Waals surface area contributed by atoms with E-state index in [1.165, 1.54) is 9.80 Å². The maximum Gasteiger partial charge on any atom is 0.317 e. The molecule has 0 bridgehead atoms. The van der Waals surface area contributed by atoms with Crippen LogP contribution in [0, 0.1) is 6.92 Å². The lowest BCUT2D eigenvalue weighted by atomic mass is 10.0. The maximum absolute atomic E-state index is 11.5. The van der Waals surface area contributed by atoms with E-state index >= 15 is 0 Å². The van der Waals surface area contributed by atoms with E-state index in [1.807, 2.05) is 31.2 Å². The first-order valence-corrected chi connectivity index (χ1v) is 10.7. The Morgan fingerprint density at radius 3 is 1.68 bits per heavy atom. The fourth-order valence-corrected chi connectivity index (χ4v) is 3.60. The average Bonchev–Trinajstić information content (AvgIpc) is 2.71. The Morgan fingerprint density at radius 1 is 0.735 bits per heavy atom. The smallest absolute Gasteiger partial charge is 0.317 e. The molecule has 1 aromatic rings. The molecule has 0 heterocycles. The Balaban J connectivity index is 3.11. The molecule has 0 aliphatic heterocycles. The number of carbonyl (C=O) groups is 4. The number of nitrogens with zero attached hydrogens (tertiary/aromatic N) is 3. The number of aliphatic hydroxyl groups excluding tert-OH is 1. The summed E-state index contributed by atoms with van der Waals surface area (Å²) in [6.07, 6.45) is 0.387. The zero-order chi connectivity index (χ0) is 25.7. The molecule has 1 rings (SSSR count). The van der Waals surface area contributed by atoms with E-state index in [9.17, 15) is 34.5 Å². The number of aliphatic carboxylic acids is 4. The van der Waals surface area contributed by atoms with Gasteiger partial charge in [0.25, 0.3) is 0 Å².